The molecule has 0 atom stereocenters. The van der Waals surface area contributed by atoms with Gasteiger partial charge in [0.25, 0.3) is 5.91 Å². The first kappa shape index (κ1) is 19.3. The molecule has 0 aromatic heterocycles. The van der Waals surface area contributed by atoms with Crippen molar-refractivity contribution in [1.82, 2.24) is 0 Å². The van der Waals surface area contributed by atoms with E-state index in [0.717, 1.165) is 0 Å². The SMILES string of the molecule is COc1ccc(NC(=O)CN2C(=O)C(C)(C)Oc3ccc(Cl)cc32)cc1Cl. The molecule has 1 heterocycles. The molecule has 1 N–H and O–H groups in total. The Morgan fingerprint density at radius 2 is 1.96 bits per heavy atom. The molecule has 3 rings (SSSR count). The quantitative estimate of drug-likeness (QED) is 0.824. The largest absolute Gasteiger partial charge is 0.495 e. The van der Waals surface area contributed by atoms with Crippen LogP contribution in [0.2, 0.25) is 10.0 Å². The van der Waals surface area contributed by atoms with Crippen LogP contribution in [-0.4, -0.2) is 31.1 Å². The number of nitrogens with one attached hydrogen (secondary N) is 1. The molecule has 8 heteroatoms. The first-order valence-corrected chi connectivity index (χ1v) is 8.91. The van der Waals surface area contributed by atoms with Crippen molar-refractivity contribution in [1.29, 1.82) is 0 Å². The molecule has 1 aliphatic rings. The van der Waals surface area contributed by atoms with Crippen LogP contribution in [0.25, 0.3) is 0 Å². The summed E-state index contributed by atoms with van der Waals surface area (Å²) in [4.78, 5) is 26.7. The number of ether oxygens (including phenoxy) is 2. The van der Waals surface area contributed by atoms with Gasteiger partial charge in [-0.2, -0.15) is 0 Å². The van der Waals surface area contributed by atoms with E-state index in [0.29, 0.717) is 32.9 Å². The van der Waals surface area contributed by atoms with Crippen molar-refractivity contribution in [2.75, 3.05) is 23.9 Å². The maximum atomic E-state index is 12.8. The molecular weight excluding hydrogens is 391 g/mol. The van der Waals surface area contributed by atoms with E-state index < -0.39 is 5.60 Å². The summed E-state index contributed by atoms with van der Waals surface area (Å²) in [5.74, 6) is 0.279. The standard InChI is InChI=1S/C19H18Cl2N2O4/c1-19(2)18(25)23(14-8-11(20)4-6-16(14)27-19)10-17(24)22-12-5-7-15(26-3)13(21)9-12/h4-9H,10H2,1-3H3,(H,22,24). The maximum Gasteiger partial charge on any atom is 0.271 e. The summed E-state index contributed by atoms with van der Waals surface area (Å²) < 4.78 is 10.8. The van der Waals surface area contributed by atoms with Crippen LogP contribution in [-0.2, 0) is 9.59 Å². The summed E-state index contributed by atoms with van der Waals surface area (Å²) in [5.41, 5.74) is -0.142. The number of halogens is 2. The molecule has 0 fully saturated rings. The van der Waals surface area contributed by atoms with Gasteiger partial charge in [-0.1, -0.05) is 23.2 Å². The van der Waals surface area contributed by atoms with E-state index in [-0.39, 0.29) is 18.4 Å². The average Bonchev–Trinajstić information content (AvgIpc) is 2.60. The van der Waals surface area contributed by atoms with E-state index in [4.69, 9.17) is 32.7 Å². The number of hydrogen-bond acceptors (Lipinski definition) is 4. The summed E-state index contributed by atoms with van der Waals surface area (Å²) in [6.07, 6.45) is 0. The Morgan fingerprint density at radius 3 is 2.63 bits per heavy atom. The van der Waals surface area contributed by atoms with Gasteiger partial charge in [-0.15, -0.1) is 0 Å². The van der Waals surface area contributed by atoms with E-state index in [1.807, 2.05) is 0 Å². The van der Waals surface area contributed by atoms with Crippen molar-refractivity contribution in [2.45, 2.75) is 19.4 Å². The van der Waals surface area contributed by atoms with Crippen LogP contribution < -0.4 is 19.7 Å². The van der Waals surface area contributed by atoms with Crippen LogP contribution in [0, 0.1) is 0 Å². The lowest BCUT2D eigenvalue weighted by Crippen LogP contribution is -2.54. The second-order valence-electron chi connectivity index (χ2n) is 6.51. The van der Waals surface area contributed by atoms with Crippen molar-refractivity contribution >= 4 is 46.4 Å². The van der Waals surface area contributed by atoms with Gasteiger partial charge in [0.05, 0.1) is 17.8 Å². The van der Waals surface area contributed by atoms with Crippen molar-refractivity contribution in [3.8, 4) is 11.5 Å². The molecule has 0 unspecified atom stereocenters. The van der Waals surface area contributed by atoms with Gasteiger partial charge >= 0.3 is 0 Å². The van der Waals surface area contributed by atoms with E-state index in [1.165, 1.54) is 12.0 Å². The van der Waals surface area contributed by atoms with E-state index in [2.05, 4.69) is 5.32 Å². The van der Waals surface area contributed by atoms with Crippen LogP contribution in [0.4, 0.5) is 11.4 Å². The Balaban J connectivity index is 1.83. The Bertz CT molecular complexity index is 915. The number of benzene rings is 2. The number of fused-ring (bicyclic) bond motifs is 1. The van der Waals surface area contributed by atoms with Gasteiger partial charge in [-0.05, 0) is 50.2 Å². The molecule has 142 valence electrons. The lowest BCUT2D eigenvalue weighted by atomic mass is 10.0. The van der Waals surface area contributed by atoms with Crippen LogP contribution in [0.15, 0.2) is 36.4 Å². The van der Waals surface area contributed by atoms with E-state index in [1.54, 1.807) is 50.2 Å². The van der Waals surface area contributed by atoms with Gasteiger partial charge in [-0.25, -0.2) is 0 Å². The minimum atomic E-state index is -1.09. The zero-order valence-corrected chi connectivity index (χ0v) is 16.5. The van der Waals surface area contributed by atoms with Gasteiger partial charge < -0.3 is 14.8 Å². The molecular formula is C19H18Cl2N2O4. The maximum absolute atomic E-state index is 12.8. The fourth-order valence-electron chi connectivity index (χ4n) is 2.79. The average molecular weight is 409 g/mol. The van der Waals surface area contributed by atoms with Crippen molar-refractivity contribution in [2.24, 2.45) is 0 Å². The monoisotopic (exact) mass is 408 g/mol. The fraction of sp³-hybridized carbons (Fsp3) is 0.263. The van der Waals surface area contributed by atoms with E-state index in [9.17, 15) is 9.59 Å². The topological polar surface area (TPSA) is 67.9 Å². The number of amides is 2. The van der Waals surface area contributed by atoms with Crippen LogP contribution in [0.3, 0.4) is 0 Å². The second-order valence-corrected chi connectivity index (χ2v) is 7.36. The zero-order valence-electron chi connectivity index (χ0n) is 15.0. The van der Waals surface area contributed by atoms with Gasteiger partial charge in [-0.3, -0.25) is 14.5 Å². The summed E-state index contributed by atoms with van der Waals surface area (Å²) in [6.45, 7) is 3.12. The Morgan fingerprint density at radius 1 is 1.22 bits per heavy atom. The zero-order chi connectivity index (χ0) is 19.8. The third kappa shape index (κ3) is 3.96. The first-order valence-electron chi connectivity index (χ1n) is 8.15. The lowest BCUT2D eigenvalue weighted by Gasteiger charge is -2.38. The number of anilines is 2. The van der Waals surface area contributed by atoms with Crippen molar-refractivity contribution in [3.05, 3.63) is 46.4 Å². The lowest BCUT2D eigenvalue weighted by molar-refractivity contribution is -0.133. The van der Waals surface area contributed by atoms with Crippen LogP contribution in [0.5, 0.6) is 11.5 Å². The molecule has 6 nitrogen and oxygen atoms in total. The van der Waals surface area contributed by atoms with Gasteiger partial charge in [0.1, 0.15) is 18.0 Å². The number of methoxy groups -OCH3 is 1. The molecule has 2 aromatic rings. The number of rotatable bonds is 4. The third-order valence-electron chi connectivity index (χ3n) is 4.07. The molecule has 2 aromatic carbocycles. The smallest absolute Gasteiger partial charge is 0.271 e. The highest BCUT2D eigenvalue weighted by Crippen LogP contribution is 2.39. The predicted octanol–water partition coefficient (Wildman–Crippen LogP) is 4.14. The second kappa shape index (κ2) is 7.29. The Hall–Kier alpha value is -2.44. The van der Waals surface area contributed by atoms with Gasteiger partial charge in [0.2, 0.25) is 5.91 Å². The minimum absolute atomic E-state index is 0.192. The normalized spacial score (nSPS) is 15.0. The van der Waals surface area contributed by atoms with Crippen LogP contribution in [0.1, 0.15) is 13.8 Å². The summed E-state index contributed by atoms with van der Waals surface area (Å²) in [5, 5.41) is 3.54. The molecule has 0 saturated heterocycles. The number of nitrogens with zero attached hydrogens (tertiary/aromatic N) is 1. The van der Waals surface area contributed by atoms with E-state index >= 15 is 0 Å². The molecule has 2 amide bonds. The molecule has 0 aliphatic carbocycles. The van der Waals surface area contributed by atoms with Gasteiger partial charge in [0.15, 0.2) is 5.60 Å². The highest BCUT2D eigenvalue weighted by molar-refractivity contribution is 6.32. The van der Waals surface area contributed by atoms with Crippen molar-refractivity contribution in [3.63, 3.8) is 0 Å². The highest BCUT2D eigenvalue weighted by Gasteiger charge is 2.41. The molecule has 0 bridgehead atoms. The van der Waals surface area contributed by atoms with Gasteiger partial charge in [0, 0.05) is 10.7 Å². The molecule has 0 radical (unpaired) electrons. The van der Waals surface area contributed by atoms with Crippen LogP contribution >= 0.6 is 23.2 Å². The predicted molar refractivity (Wildman–Crippen MR) is 105 cm³/mol. The molecule has 27 heavy (non-hydrogen) atoms. The van der Waals surface area contributed by atoms with Crippen molar-refractivity contribution < 1.29 is 19.1 Å². The third-order valence-corrected chi connectivity index (χ3v) is 4.60. The molecule has 1 aliphatic heterocycles. The summed E-state index contributed by atoms with van der Waals surface area (Å²) in [7, 11) is 1.51. The number of hydrogen-bond donors (Lipinski definition) is 1. The Kier molecular flexibility index (Phi) is 5.22. The Labute approximate surface area is 167 Å². The number of carbonyl (C=O) groups is 2. The molecule has 0 saturated carbocycles. The molecule has 0 spiro atoms. The number of carbonyl (C=O) groups excluding carboxylic acids is 2. The first-order chi connectivity index (χ1) is 12.7. The summed E-state index contributed by atoms with van der Waals surface area (Å²) in [6, 6.07) is 9.84. The highest BCUT2D eigenvalue weighted by atomic mass is 35.5. The summed E-state index contributed by atoms with van der Waals surface area (Å²) >= 11 is 12.1. The fourth-order valence-corrected chi connectivity index (χ4v) is 3.21. The minimum Gasteiger partial charge on any atom is -0.495 e.